The van der Waals surface area contributed by atoms with Gasteiger partial charge in [-0.1, -0.05) is 11.6 Å². The van der Waals surface area contributed by atoms with Gasteiger partial charge in [-0.2, -0.15) is 0 Å². The Kier molecular flexibility index (Phi) is 5.16. The van der Waals surface area contributed by atoms with Crippen molar-refractivity contribution < 1.29 is 13.5 Å². The van der Waals surface area contributed by atoms with Gasteiger partial charge in [-0.3, -0.25) is 0 Å². The van der Waals surface area contributed by atoms with Crippen LogP contribution in [0, 0.1) is 0 Å². The van der Waals surface area contributed by atoms with E-state index in [4.69, 9.17) is 17.3 Å². The van der Waals surface area contributed by atoms with E-state index in [1.54, 1.807) is 0 Å². The molecule has 0 amide bonds. The second-order valence-electron chi connectivity index (χ2n) is 5.84. The van der Waals surface area contributed by atoms with Crippen molar-refractivity contribution in [1.82, 2.24) is 4.90 Å². The van der Waals surface area contributed by atoms with Gasteiger partial charge in [0.25, 0.3) is 0 Å². The summed E-state index contributed by atoms with van der Waals surface area (Å²) in [5.41, 5.74) is 5.66. The number of nitrogens with zero attached hydrogens (tertiary/aromatic N) is 1. The minimum absolute atomic E-state index is 0. The third kappa shape index (κ3) is 2.89. The average molecular weight is 367 g/mol. The molecule has 0 saturated carbocycles. The molecule has 0 aromatic heterocycles. The zero-order valence-electron chi connectivity index (χ0n) is 12.0. The largest absolute Gasteiger partial charge is 0.504 e. The summed E-state index contributed by atoms with van der Waals surface area (Å²) in [6.45, 7) is 1.84. The molecule has 2 heterocycles. The summed E-state index contributed by atoms with van der Waals surface area (Å²) in [6, 6.07) is 3.17. The first-order valence-corrected chi connectivity index (χ1v) is 9.08. The summed E-state index contributed by atoms with van der Waals surface area (Å²) in [4.78, 5) is 2.15. The van der Waals surface area contributed by atoms with Crippen LogP contribution in [0.4, 0.5) is 5.69 Å². The molecule has 0 bridgehead atoms. The second kappa shape index (κ2) is 6.43. The van der Waals surface area contributed by atoms with Gasteiger partial charge in [0.1, 0.15) is 4.90 Å². The lowest BCUT2D eigenvalue weighted by Crippen LogP contribution is -2.42. The molecule has 1 aromatic carbocycles. The van der Waals surface area contributed by atoms with Crippen molar-refractivity contribution in [1.29, 1.82) is 0 Å². The number of sulfone groups is 1. The van der Waals surface area contributed by atoms with Crippen LogP contribution in [0.1, 0.15) is 25.7 Å². The number of phenols is 1. The number of aromatic hydroxyl groups is 1. The number of piperidine rings is 1. The van der Waals surface area contributed by atoms with Gasteiger partial charge in [0.15, 0.2) is 15.6 Å². The van der Waals surface area contributed by atoms with Gasteiger partial charge >= 0.3 is 0 Å². The molecule has 2 aliphatic rings. The van der Waals surface area contributed by atoms with E-state index in [2.05, 4.69) is 4.90 Å². The predicted octanol–water partition coefficient (Wildman–Crippen LogP) is 2.45. The summed E-state index contributed by atoms with van der Waals surface area (Å²) < 4.78 is 25.7. The lowest BCUT2D eigenvalue weighted by Gasteiger charge is -2.34. The highest BCUT2D eigenvalue weighted by atomic mass is 35.5. The number of anilines is 1. The first kappa shape index (κ1) is 17.7. The monoisotopic (exact) mass is 366 g/mol. The Bertz CT molecular complexity index is 666. The maximum absolute atomic E-state index is 12.9. The summed E-state index contributed by atoms with van der Waals surface area (Å²) in [7, 11) is -3.67. The standard InChI is InChI=1S/C14H19ClN2O3S.ClH/c15-11-3-4-12(16)13(18)14(11)21(19,20)10-5-7-17-6-1-2-9(17)8-10;/h3-4,9-10,18H,1-2,5-8,16H2;1H. The summed E-state index contributed by atoms with van der Waals surface area (Å²) in [5, 5.41) is 9.57. The highest BCUT2D eigenvalue weighted by molar-refractivity contribution is 7.92. The van der Waals surface area contributed by atoms with Crippen LogP contribution in [-0.4, -0.2) is 42.8 Å². The van der Waals surface area contributed by atoms with E-state index in [9.17, 15) is 13.5 Å². The van der Waals surface area contributed by atoms with Crippen LogP contribution in [0.2, 0.25) is 5.02 Å². The molecule has 3 rings (SSSR count). The van der Waals surface area contributed by atoms with Crippen LogP contribution >= 0.6 is 24.0 Å². The van der Waals surface area contributed by atoms with Crippen molar-refractivity contribution >= 4 is 39.5 Å². The first-order valence-electron chi connectivity index (χ1n) is 7.16. The number of benzene rings is 1. The fraction of sp³-hybridized carbons (Fsp3) is 0.571. The zero-order valence-corrected chi connectivity index (χ0v) is 14.4. The van der Waals surface area contributed by atoms with Gasteiger partial charge < -0.3 is 15.7 Å². The average Bonchev–Trinajstić information content (AvgIpc) is 2.90. The Morgan fingerprint density at radius 2 is 2.00 bits per heavy atom. The Labute approximate surface area is 141 Å². The van der Waals surface area contributed by atoms with E-state index in [1.807, 2.05) is 0 Å². The number of hydrogen-bond donors (Lipinski definition) is 2. The van der Waals surface area contributed by atoms with Crippen LogP contribution in [0.5, 0.6) is 5.75 Å². The molecular formula is C14H20Cl2N2O3S. The molecule has 0 radical (unpaired) electrons. The second-order valence-corrected chi connectivity index (χ2v) is 8.41. The number of nitrogens with two attached hydrogens (primary N) is 1. The highest BCUT2D eigenvalue weighted by Gasteiger charge is 2.40. The summed E-state index contributed by atoms with van der Waals surface area (Å²) in [6.07, 6.45) is 3.35. The van der Waals surface area contributed by atoms with E-state index < -0.39 is 20.8 Å². The fourth-order valence-electron chi connectivity index (χ4n) is 3.47. The van der Waals surface area contributed by atoms with Crippen molar-refractivity contribution in [2.45, 2.75) is 41.9 Å². The van der Waals surface area contributed by atoms with Gasteiger partial charge in [0, 0.05) is 6.04 Å². The molecule has 2 fully saturated rings. The lowest BCUT2D eigenvalue weighted by atomic mass is 10.0. The van der Waals surface area contributed by atoms with Gasteiger partial charge in [0.05, 0.1) is 16.0 Å². The van der Waals surface area contributed by atoms with E-state index in [-0.39, 0.29) is 28.0 Å². The van der Waals surface area contributed by atoms with Crippen LogP contribution < -0.4 is 5.73 Å². The van der Waals surface area contributed by atoms with Gasteiger partial charge in [-0.15, -0.1) is 12.4 Å². The topological polar surface area (TPSA) is 83.6 Å². The molecule has 124 valence electrons. The Morgan fingerprint density at radius 3 is 2.73 bits per heavy atom. The minimum Gasteiger partial charge on any atom is -0.504 e. The van der Waals surface area contributed by atoms with Gasteiger partial charge in [-0.25, -0.2) is 8.42 Å². The normalized spacial score (nSPS) is 25.5. The van der Waals surface area contributed by atoms with E-state index >= 15 is 0 Å². The molecule has 1 aromatic rings. The van der Waals surface area contributed by atoms with E-state index in [0.29, 0.717) is 18.9 Å². The number of halogens is 2. The van der Waals surface area contributed by atoms with Gasteiger partial charge in [0.2, 0.25) is 0 Å². The minimum atomic E-state index is -3.67. The van der Waals surface area contributed by atoms with Crippen LogP contribution in [0.25, 0.3) is 0 Å². The fourth-order valence-corrected chi connectivity index (χ4v) is 5.90. The lowest BCUT2D eigenvalue weighted by molar-refractivity contribution is 0.199. The number of fused-ring (bicyclic) bond motifs is 1. The van der Waals surface area contributed by atoms with Crippen LogP contribution in [-0.2, 0) is 9.84 Å². The number of nitrogen functional groups attached to an aromatic ring is 1. The molecule has 5 nitrogen and oxygen atoms in total. The molecule has 22 heavy (non-hydrogen) atoms. The Hall–Kier alpha value is -0.690. The Morgan fingerprint density at radius 1 is 1.27 bits per heavy atom. The van der Waals surface area contributed by atoms with E-state index in [0.717, 1.165) is 25.9 Å². The summed E-state index contributed by atoms with van der Waals surface area (Å²) in [5.74, 6) is -0.420. The smallest absolute Gasteiger partial charge is 0.186 e. The van der Waals surface area contributed by atoms with Crippen LogP contribution in [0.15, 0.2) is 17.0 Å². The zero-order chi connectivity index (χ0) is 15.2. The highest BCUT2D eigenvalue weighted by Crippen LogP contribution is 2.40. The third-order valence-electron chi connectivity index (χ3n) is 4.61. The number of rotatable bonds is 2. The van der Waals surface area contributed by atoms with Crippen molar-refractivity contribution in [3.05, 3.63) is 17.2 Å². The quantitative estimate of drug-likeness (QED) is 0.620. The molecule has 0 spiro atoms. The van der Waals surface area contributed by atoms with Gasteiger partial charge in [-0.05, 0) is 50.9 Å². The molecule has 8 heteroatoms. The van der Waals surface area contributed by atoms with Crippen molar-refractivity contribution in [3.8, 4) is 5.75 Å². The van der Waals surface area contributed by atoms with Crippen molar-refractivity contribution in [3.63, 3.8) is 0 Å². The Balaban J connectivity index is 0.00000176. The van der Waals surface area contributed by atoms with E-state index in [1.165, 1.54) is 12.1 Å². The van der Waals surface area contributed by atoms with Crippen LogP contribution in [0.3, 0.4) is 0 Å². The maximum Gasteiger partial charge on any atom is 0.186 e. The molecule has 0 aliphatic carbocycles. The summed E-state index contributed by atoms with van der Waals surface area (Å²) >= 11 is 6.01. The molecule has 2 saturated heterocycles. The van der Waals surface area contributed by atoms with Crippen molar-refractivity contribution in [2.24, 2.45) is 0 Å². The molecule has 2 unspecified atom stereocenters. The number of phenolic OH excluding ortho intramolecular Hbond substituents is 1. The first-order chi connectivity index (χ1) is 9.91. The van der Waals surface area contributed by atoms with Crippen molar-refractivity contribution in [2.75, 3.05) is 18.8 Å². The molecule has 2 atom stereocenters. The molecule has 3 N–H and O–H groups in total. The third-order valence-corrected chi connectivity index (χ3v) is 7.33. The molecular weight excluding hydrogens is 347 g/mol. The predicted molar refractivity (Wildman–Crippen MR) is 89.6 cm³/mol. The molecule has 2 aliphatic heterocycles. The SMILES string of the molecule is Cl.Nc1ccc(Cl)c(S(=O)(=O)C2CCN3CCCC3C2)c1O. The number of hydrogen-bond acceptors (Lipinski definition) is 5. The maximum atomic E-state index is 12.9.